The van der Waals surface area contributed by atoms with Gasteiger partial charge in [0.25, 0.3) is 0 Å². The van der Waals surface area contributed by atoms with Crippen LogP contribution in [0.25, 0.3) is 5.95 Å². The fourth-order valence-corrected chi connectivity index (χ4v) is 0.686. The minimum absolute atomic E-state index is 0.0855. The van der Waals surface area contributed by atoms with Gasteiger partial charge in [-0.05, 0) is 5.16 Å². The number of aromatic nitrogens is 5. The highest BCUT2D eigenvalue weighted by atomic mass is 16.6. The Hall–Kier alpha value is -1.92. The van der Waals surface area contributed by atoms with E-state index in [9.17, 15) is 0 Å². The van der Waals surface area contributed by atoms with Crippen LogP contribution in [0.4, 0.5) is 0 Å². The maximum atomic E-state index is 4.68. The molecule has 0 N–H and O–H groups in total. The summed E-state index contributed by atoms with van der Waals surface area (Å²) in [5.74, 6) is 0.247. The van der Waals surface area contributed by atoms with Crippen LogP contribution in [0, 0.1) is 0 Å². The average molecular weight is 167 g/mol. The molecule has 0 aliphatic rings. The highest BCUT2D eigenvalue weighted by Gasteiger charge is 2.07. The zero-order valence-corrected chi connectivity index (χ0v) is 6.21. The van der Waals surface area contributed by atoms with Gasteiger partial charge in [-0.3, -0.25) is 4.52 Å². The van der Waals surface area contributed by atoms with Crippen molar-refractivity contribution in [3.05, 3.63) is 12.4 Å². The third kappa shape index (κ3) is 1.00. The molecule has 0 aromatic carbocycles. The number of hydrogen-bond acceptors (Lipinski definition) is 6. The van der Waals surface area contributed by atoms with E-state index in [1.165, 1.54) is 24.3 Å². The summed E-state index contributed by atoms with van der Waals surface area (Å²) in [6.45, 7) is 0. The number of rotatable bonds is 2. The first kappa shape index (κ1) is 6.77. The molecule has 7 heteroatoms. The largest absolute Gasteiger partial charge is 0.452 e. The molecule has 0 amide bonds. The second kappa shape index (κ2) is 2.61. The summed E-state index contributed by atoms with van der Waals surface area (Å²) in [6, 6.07) is 0. The van der Waals surface area contributed by atoms with Gasteiger partial charge in [0.05, 0.1) is 19.5 Å². The van der Waals surface area contributed by atoms with Gasteiger partial charge in [0, 0.05) is 0 Å². The van der Waals surface area contributed by atoms with Crippen molar-refractivity contribution in [2.75, 3.05) is 7.11 Å². The molecule has 0 aliphatic carbocycles. The first-order valence-corrected chi connectivity index (χ1v) is 3.14. The van der Waals surface area contributed by atoms with E-state index in [4.69, 9.17) is 0 Å². The quantitative estimate of drug-likeness (QED) is 0.608. The zero-order valence-electron chi connectivity index (χ0n) is 6.21. The molecular formula is C5H5N5O2. The first-order chi connectivity index (χ1) is 5.90. The van der Waals surface area contributed by atoms with Gasteiger partial charge in [-0.1, -0.05) is 0 Å². The summed E-state index contributed by atoms with van der Waals surface area (Å²) >= 11 is 0. The molecule has 0 spiro atoms. The van der Waals surface area contributed by atoms with Crippen LogP contribution in [0.3, 0.4) is 0 Å². The van der Waals surface area contributed by atoms with Gasteiger partial charge in [0.15, 0.2) is 0 Å². The SMILES string of the molecule is COc1nc(-n2nccn2)no1. The lowest BCUT2D eigenvalue weighted by Crippen LogP contribution is -2.00. The van der Waals surface area contributed by atoms with Crippen molar-refractivity contribution in [3.63, 3.8) is 0 Å². The first-order valence-electron chi connectivity index (χ1n) is 3.14. The smallest absolute Gasteiger partial charge is 0.418 e. The topological polar surface area (TPSA) is 78.9 Å². The lowest BCUT2D eigenvalue weighted by molar-refractivity contribution is 0.250. The van der Waals surface area contributed by atoms with Gasteiger partial charge in [0.2, 0.25) is 0 Å². The Bertz CT molecular complexity index is 354. The van der Waals surface area contributed by atoms with Crippen molar-refractivity contribution in [2.45, 2.75) is 0 Å². The molecule has 62 valence electrons. The molecular weight excluding hydrogens is 162 g/mol. The lowest BCUT2D eigenvalue weighted by Gasteiger charge is -1.85. The van der Waals surface area contributed by atoms with Crippen LogP contribution in [-0.4, -0.2) is 32.2 Å². The van der Waals surface area contributed by atoms with E-state index in [0.29, 0.717) is 0 Å². The molecule has 2 heterocycles. The van der Waals surface area contributed by atoms with E-state index in [1.54, 1.807) is 0 Å². The highest BCUT2D eigenvalue weighted by molar-refractivity contribution is 5.03. The van der Waals surface area contributed by atoms with Crippen molar-refractivity contribution in [1.29, 1.82) is 0 Å². The van der Waals surface area contributed by atoms with Crippen molar-refractivity contribution in [1.82, 2.24) is 25.1 Å². The van der Waals surface area contributed by atoms with Gasteiger partial charge >= 0.3 is 12.0 Å². The van der Waals surface area contributed by atoms with Gasteiger partial charge in [-0.2, -0.15) is 10.2 Å². The number of nitrogens with zero attached hydrogens (tertiary/aromatic N) is 5. The number of hydrogen-bond donors (Lipinski definition) is 0. The Morgan fingerprint density at radius 2 is 2.17 bits per heavy atom. The fourth-order valence-electron chi connectivity index (χ4n) is 0.686. The minimum atomic E-state index is 0.0855. The molecule has 0 atom stereocenters. The molecule has 0 aliphatic heterocycles. The zero-order chi connectivity index (χ0) is 8.39. The van der Waals surface area contributed by atoms with Crippen LogP contribution >= 0.6 is 0 Å². The van der Waals surface area contributed by atoms with E-state index in [2.05, 4.69) is 29.6 Å². The van der Waals surface area contributed by atoms with Crippen molar-refractivity contribution in [3.8, 4) is 12.0 Å². The minimum Gasteiger partial charge on any atom is -0.452 e. The molecule has 0 fully saturated rings. The van der Waals surface area contributed by atoms with Crippen LogP contribution in [0.5, 0.6) is 6.08 Å². The summed E-state index contributed by atoms with van der Waals surface area (Å²) in [5, 5.41) is 11.2. The molecule has 0 bridgehead atoms. The Balaban J connectivity index is 2.35. The van der Waals surface area contributed by atoms with Crippen LogP contribution in [-0.2, 0) is 0 Å². The Labute approximate surface area is 66.9 Å². The van der Waals surface area contributed by atoms with Crippen LogP contribution < -0.4 is 4.74 Å². The molecule has 7 nitrogen and oxygen atoms in total. The standard InChI is InChI=1S/C5H5N5O2/c1-11-5-8-4(9-12-5)10-6-2-3-7-10/h2-3H,1H3. The maximum absolute atomic E-state index is 4.68. The Morgan fingerprint density at radius 1 is 1.42 bits per heavy atom. The van der Waals surface area contributed by atoms with Crippen LogP contribution in [0.2, 0.25) is 0 Å². The van der Waals surface area contributed by atoms with Crippen molar-refractivity contribution < 1.29 is 9.26 Å². The molecule has 0 saturated carbocycles. The van der Waals surface area contributed by atoms with Gasteiger partial charge in [-0.25, -0.2) is 0 Å². The Morgan fingerprint density at radius 3 is 2.75 bits per heavy atom. The molecule has 0 radical (unpaired) electrons. The van der Waals surface area contributed by atoms with Crippen LogP contribution in [0.15, 0.2) is 16.9 Å². The summed E-state index contributed by atoms with van der Waals surface area (Å²) in [6.07, 6.45) is 3.12. The third-order valence-electron chi connectivity index (χ3n) is 1.17. The molecule has 0 unspecified atom stereocenters. The fraction of sp³-hybridized carbons (Fsp3) is 0.200. The molecule has 2 aromatic heterocycles. The Kier molecular flexibility index (Phi) is 1.47. The van der Waals surface area contributed by atoms with Gasteiger partial charge in [0.1, 0.15) is 0 Å². The van der Waals surface area contributed by atoms with Crippen LogP contribution in [0.1, 0.15) is 0 Å². The van der Waals surface area contributed by atoms with E-state index < -0.39 is 0 Å². The predicted octanol–water partition coefficient (Wildman–Crippen LogP) is -0.341. The summed E-state index contributed by atoms with van der Waals surface area (Å²) in [4.78, 5) is 5.04. The molecule has 0 saturated heterocycles. The van der Waals surface area contributed by atoms with E-state index in [-0.39, 0.29) is 12.0 Å². The molecule has 12 heavy (non-hydrogen) atoms. The number of methoxy groups -OCH3 is 1. The second-order valence-electron chi connectivity index (χ2n) is 1.88. The van der Waals surface area contributed by atoms with Gasteiger partial charge < -0.3 is 4.74 Å². The van der Waals surface area contributed by atoms with Gasteiger partial charge in [-0.15, -0.1) is 9.78 Å². The maximum Gasteiger partial charge on any atom is 0.418 e. The summed E-state index contributed by atoms with van der Waals surface area (Å²) in [7, 11) is 1.44. The van der Waals surface area contributed by atoms with E-state index in [1.807, 2.05) is 0 Å². The second-order valence-corrected chi connectivity index (χ2v) is 1.88. The predicted molar refractivity (Wildman–Crippen MR) is 35.8 cm³/mol. The van der Waals surface area contributed by atoms with E-state index in [0.717, 1.165) is 0 Å². The third-order valence-corrected chi connectivity index (χ3v) is 1.17. The highest BCUT2D eigenvalue weighted by Crippen LogP contribution is 2.06. The monoisotopic (exact) mass is 167 g/mol. The number of ether oxygens (including phenoxy) is 1. The van der Waals surface area contributed by atoms with Crippen molar-refractivity contribution >= 4 is 0 Å². The average Bonchev–Trinajstić information content (AvgIpc) is 2.75. The molecule has 2 aromatic rings. The molecule has 2 rings (SSSR count). The normalized spacial score (nSPS) is 10.1. The lowest BCUT2D eigenvalue weighted by atomic mass is 11.0. The summed E-state index contributed by atoms with van der Waals surface area (Å²) < 4.78 is 9.34. The van der Waals surface area contributed by atoms with E-state index >= 15 is 0 Å². The summed E-state index contributed by atoms with van der Waals surface area (Å²) in [5.41, 5.74) is 0. The van der Waals surface area contributed by atoms with Crippen molar-refractivity contribution in [2.24, 2.45) is 0 Å².